The number of carbonyl (C=O) groups is 1. The molecular weight excluding hydrogens is 401 g/mol. The van der Waals surface area contributed by atoms with E-state index >= 15 is 0 Å². The lowest BCUT2D eigenvalue weighted by molar-refractivity contribution is -0.192. The molecule has 11 heteroatoms. The van der Waals surface area contributed by atoms with Gasteiger partial charge in [0.1, 0.15) is 0 Å². The van der Waals surface area contributed by atoms with E-state index in [0.29, 0.717) is 0 Å². The maximum atomic E-state index is 12.3. The largest absolute Gasteiger partial charge is 0.490 e. The van der Waals surface area contributed by atoms with Gasteiger partial charge in [0, 0.05) is 6.54 Å². The number of nitrogens with one attached hydrogen (secondary N) is 1. The van der Waals surface area contributed by atoms with Crippen LogP contribution < -0.4 is 4.89 Å². The zero-order valence-electron chi connectivity index (χ0n) is 15.9. The summed E-state index contributed by atoms with van der Waals surface area (Å²) in [6, 6.07) is 5.27. The monoisotopic (exact) mass is 426 g/mol. The summed E-state index contributed by atoms with van der Waals surface area (Å²) < 4.78 is 56.4. The Hall–Kier alpha value is -1.69. The number of halogens is 3. The van der Waals surface area contributed by atoms with E-state index in [4.69, 9.17) is 14.7 Å². The van der Waals surface area contributed by atoms with Crippen molar-refractivity contribution in [2.75, 3.05) is 19.6 Å². The van der Waals surface area contributed by atoms with Gasteiger partial charge in [-0.25, -0.2) is 13.2 Å². The van der Waals surface area contributed by atoms with Crippen LogP contribution in [0.2, 0.25) is 0 Å². The second-order valence-electron chi connectivity index (χ2n) is 6.43. The molecule has 160 valence electrons. The van der Waals surface area contributed by atoms with Crippen molar-refractivity contribution in [3.05, 3.63) is 29.3 Å². The van der Waals surface area contributed by atoms with Crippen molar-refractivity contribution in [1.29, 1.82) is 0 Å². The second-order valence-corrected chi connectivity index (χ2v) is 8.05. The summed E-state index contributed by atoms with van der Waals surface area (Å²) in [6.07, 6.45) is -3.25. The quantitative estimate of drug-likeness (QED) is 0.703. The smallest absolute Gasteiger partial charge is 0.475 e. The van der Waals surface area contributed by atoms with Crippen LogP contribution >= 0.6 is 0 Å². The number of sulfonamides is 1. The summed E-state index contributed by atoms with van der Waals surface area (Å²) >= 11 is 0. The maximum Gasteiger partial charge on any atom is 0.490 e. The predicted molar refractivity (Wildman–Crippen MR) is 96.1 cm³/mol. The minimum absolute atomic E-state index is 0.0840. The SMILES string of the molecule is CCN1CCCC(ONS(=O)(=O)c2ccc(C)cc2C)C1.O=C(O)C(F)(F)F. The number of likely N-dealkylation sites (tertiary alicyclic amines) is 1. The molecule has 2 N–H and O–H groups in total. The number of aliphatic carboxylic acids is 1. The number of aryl methyl sites for hydroxylation is 2. The molecule has 1 aliphatic heterocycles. The third-order valence-electron chi connectivity index (χ3n) is 4.10. The summed E-state index contributed by atoms with van der Waals surface area (Å²) in [7, 11) is -3.62. The first kappa shape index (κ1) is 24.3. The summed E-state index contributed by atoms with van der Waals surface area (Å²) in [5, 5.41) is 7.12. The van der Waals surface area contributed by atoms with Gasteiger partial charge in [0.2, 0.25) is 0 Å². The highest BCUT2D eigenvalue weighted by atomic mass is 32.2. The fourth-order valence-corrected chi connectivity index (χ4v) is 3.76. The van der Waals surface area contributed by atoms with Gasteiger partial charge in [-0.3, -0.25) is 4.84 Å². The number of benzene rings is 1. The van der Waals surface area contributed by atoms with Crippen LogP contribution in [0.4, 0.5) is 13.2 Å². The Morgan fingerprint density at radius 3 is 2.46 bits per heavy atom. The number of rotatable bonds is 5. The molecule has 0 spiro atoms. The van der Waals surface area contributed by atoms with Crippen molar-refractivity contribution in [2.24, 2.45) is 0 Å². The molecule has 2 rings (SSSR count). The molecule has 0 saturated carbocycles. The molecule has 1 aromatic carbocycles. The van der Waals surface area contributed by atoms with Crippen molar-refractivity contribution in [3.63, 3.8) is 0 Å². The van der Waals surface area contributed by atoms with Crippen molar-refractivity contribution in [1.82, 2.24) is 9.79 Å². The van der Waals surface area contributed by atoms with E-state index in [1.54, 1.807) is 19.1 Å². The normalized spacial score (nSPS) is 18.3. The standard InChI is InChI=1S/C15H24N2O3S.C2HF3O2/c1-4-17-9-5-6-14(11-17)20-16-21(18,19)15-8-7-12(2)10-13(15)3;3-2(4,5)1(6)7/h7-8,10,14,16H,4-6,9,11H2,1-3H3;(H,6,7). The third-order valence-corrected chi connectivity index (χ3v) is 5.45. The Morgan fingerprint density at radius 2 is 1.96 bits per heavy atom. The van der Waals surface area contributed by atoms with Gasteiger partial charge in [-0.1, -0.05) is 29.5 Å². The number of carboxylic acids is 1. The topological polar surface area (TPSA) is 95.9 Å². The number of piperidine rings is 1. The van der Waals surface area contributed by atoms with E-state index in [2.05, 4.69) is 16.7 Å². The molecule has 0 bridgehead atoms. The van der Waals surface area contributed by atoms with Crippen molar-refractivity contribution >= 4 is 16.0 Å². The lowest BCUT2D eigenvalue weighted by Gasteiger charge is -2.31. The predicted octanol–water partition coefficient (Wildman–Crippen LogP) is 2.63. The van der Waals surface area contributed by atoms with Crippen LogP contribution in [0.5, 0.6) is 0 Å². The van der Waals surface area contributed by atoms with Crippen LogP contribution in [0.15, 0.2) is 23.1 Å². The highest BCUT2D eigenvalue weighted by molar-refractivity contribution is 7.89. The zero-order chi connectivity index (χ0) is 21.5. The Balaban J connectivity index is 0.000000480. The zero-order valence-corrected chi connectivity index (χ0v) is 16.7. The molecule has 0 amide bonds. The van der Waals surface area contributed by atoms with Crippen molar-refractivity contribution in [2.45, 2.75) is 50.8 Å². The molecule has 28 heavy (non-hydrogen) atoms. The van der Waals surface area contributed by atoms with E-state index in [1.807, 2.05) is 13.0 Å². The van der Waals surface area contributed by atoms with Gasteiger partial charge in [0.05, 0.1) is 11.0 Å². The molecule has 7 nitrogen and oxygen atoms in total. The van der Waals surface area contributed by atoms with Gasteiger partial charge < -0.3 is 10.0 Å². The number of likely N-dealkylation sites (N-methyl/N-ethyl adjacent to an activating group) is 1. The van der Waals surface area contributed by atoms with Crippen molar-refractivity contribution < 1.29 is 36.3 Å². The van der Waals surface area contributed by atoms with Crippen LogP contribution in [-0.2, 0) is 19.7 Å². The Labute approximate surface area is 162 Å². The molecule has 1 saturated heterocycles. The fourth-order valence-electron chi connectivity index (χ4n) is 2.67. The van der Waals surface area contributed by atoms with Gasteiger partial charge in [0.15, 0.2) is 0 Å². The summed E-state index contributed by atoms with van der Waals surface area (Å²) in [6.45, 7) is 8.62. The number of nitrogens with zero attached hydrogens (tertiary/aromatic N) is 1. The highest BCUT2D eigenvalue weighted by Gasteiger charge is 2.38. The van der Waals surface area contributed by atoms with Gasteiger partial charge >= 0.3 is 12.1 Å². The first-order chi connectivity index (χ1) is 12.9. The van der Waals surface area contributed by atoms with E-state index in [-0.39, 0.29) is 11.0 Å². The Kier molecular flexibility index (Phi) is 8.86. The average Bonchev–Trinajstić information content (AvgIpc) is 2.59. The molecule has 1 atom stereocenters. The van der Waals surface area contributed by atoms with Crippen LogP contribution in [0, 0.1) is 13.8 Å². The first-order valence-electron chi connectivity index (χ1n) is 8.64. The van der Waals surface area contributed by atoms with Crippen LogP contribution in [0.25, 0.3) is 0 Å². The van der Waals surface area contributed by atoms with E-state index in [0.717, 1.165) is 43.6 Å². The third kappa shape index (κ3) is 7.74. The summed E-state index contributed by atoms with van der Waals surface area (Å²) in [5.74, 6) is -2.76. The summed E-state index contributed by atoms with van der Waals surface area (Å²) in [4.78, 5) is 19.2. The van der Waals surface area contributed by atoms with Crippen LogP contribution in [0.1, 0.15) is 30.9 Å². The van der Waals surface area contributed by atoms with Gasteiger partial charge in [-0.15, -0.1) is 0 Å². The number of carboxylic acid groups (broad SMARTS) is 1. The first-order valence-corrected chi connectivity index (χ1v) is 10.1. The minimum Gasteiger partial charge on any atom is -0.475 e. The van der Waals surface area contributed by atoms with E-state index in [9.17, 15) is 21.6 Å². The molecule has 1 aromatic rings. The van der Waals surface area contributed by atoms with E-state index in [1.165, 1.54) is 0 Å². The van der Waals surface area contributed by atoms with Gasteiger partial charge in [0.25, 0.3) is 10.0 Å². The molecule has 1 aliphatic rings. The lowest BCUT2D eigenvalue weighted by atomic mass is 10.1. The van der Waals surface area contributed by atoms with Gasteiger partial charge in [-0.2, -0.15) is 13.2 Å². The maximum absolute atomic E-state index is 12.3. The Bertz CT molecular complexity index is 769. The molecule has 0 aliphatic carbocycles. The number of hydrogen-bond donors (Lipinski definition) is 2. The highest BCUT2D eigenvalue weighted by Crippen LogP contribution is 2.18. The minimum atomic E-state index is -5.08. The molecule has 0 aromatic heterocycles. The summed E-state index contributed by atoms with van der Waals surface area (Å²) in [5.41, 5.74) is 1.77. The molecule has 1 unspecified atom stereocenters. The average molecular weight is 426 g/mol. The van der Waals surface area contributed by atoms with Crippen LogP contribution in [-0.4, -0.2) is 56.3 Å². The number of alkyl halides is 3. The van der Waals surface area contributed by atoms with Crippen molar-refractivity contribution in [3.8, 4) is 0 Å². The molecule has 1 fully saturated rings. The second kappa shape index (κ2) is 10.2. The van der Waals surface area contributed by atoms with Gasteiger partial charge in [-0.05, 0) is 51.4 Å². The lowest BCUT2D eigenvalue weighted by Crippen LogP contribution is -2.42. The molecular formula is C17H25F3N2O5S. The fraction of sp³-hybridized carbons (Fsp3) is 0.588. The Morgan fingerprint density at radius 1 is 1.36 bits per heavy atom. The van der Waals surface area contributed by atoms with Crippen LogP contribution in [0.3, 0.4) is 0 Å². The number of hydrogen-bond acceptors (Lipinski definition) is 5. The van der Waals surface area contributed by atoms with E-state index < -0.39 is 22.2 Å². The molecule has 0 radical (unpaired) electrons. The molecule has 1 heterocycles.